The molecular formula is C15H19N5O2. The van der Waals surface area contributed by atoms with Crippen molar-refractivity contribution in [3.8, 4) is 5.75 Å². The quantitative estimate of drug-likeness (QED) is 0.665. The molecule has 1 aromatic carbocycles. The Balaban J connectivity index is 2.06. The van der Waals surface area contributed by atoms with Crippen molar-refractivity contribution in [3.05, 3.63) is 45.9 Å². The van der Waals surface area contributed by atoms with Gasteiger partial charge in [0.2, 0.25) is 5.95 Å². The van der Waals surface area contributed by atoms with E-state index in [0.717, 1.165) is 11.3 Å². The molecule has 2 aromatic rings. The molecule has 2 rings (SSSR count). The minimum atomic E-state index is -0.356. The fourth-order valence-corrected chi connectivity index (χ4v) is 1.74. The van der Waals surface area contributed by atoms with Crippen LogP contribution in [0, 0.1) is 0 Å². The van der Waals surface area contributed by atoms with E-state index in [9.17, 15) is 4.79 Å². The maximum Gasteiger partial charge on any atom is 0.274 e. The highest BCUT2D eigenvalue weighted by atomic mass is 16.5. The number of aromatic amines is 1. The highest BCUT2D eigenvalue weighted by Crippen LogP contribution is 2.15. The molecule has 0 spiro atoms. The van der Waals surface area contributed by atoms with Gasteiger partial charge >= 0.3 is 0 Å². The lowest BCUT2D eigenvalue weighted by molar-refractivity contribution is 0.415. The lowest BCUT2D eigenvalue weighted by atomic mass is 9.93. The summed E-state index contributed by atoms with van der Waals surface area (Å²) < 4.78 is 5.08. The molecule has 7 nitrogen and oxygen atoms in total. The van der Waals surface area contributed by atoms with Gasteiger partial charge in [-0.1, -0.05) is 20.8 Å². The number of anilines is 1. The second-order valence-electron chi connectivity index (χ2n) is 5.74. The summed E-state index contributed by atoms with van der Waals surface area (Å²) in [6.07, 6.45) is 1.61. The number of hydrogen-bond donors (Lipinski definition) is 2. The van der Waals surface area contributed by atoms with Crippen molar-refractivity contribution >= 4 is 12.2 Å². The van der Waals surface area contributed by atoms with E-state index in [2.05, 4.69) is 25.7 Å². The smallest absolute Gasteiger partial charge is 0.274 e. The van der Waals surface area contributed by atoms with Crippen molar-refractivity contribution in [1.29, 1.82) is 0 Å². The molecule has 0 amide bonds. The van der Waals surface area contributed by atoms with Crippen LogP contribution in [0.1, 0.15) is 32.0 Å². The Kier molecular flexibility index (Phi) is 4.55. The first-order chi connectivity index (χ1) is 10.4. The summed E-state index contributed by atoms with van der Waals surface area (Å²) in [4.78, 5) is 14.5. The number of hydrazone groups is 1. The van der Waals surface area contributed by atoms with E-state index in [-0.39, 0.29) is 16.9 Å². The average molecular weight is 301 g/mol. The molecule has 1 aromatic heterocycles. The zero-order chi connectivity index (χ0) is 16.2. The Morgan fingerprint density at radius 3 is 2.45 bits per heavy atom. The summed E-state index contributed by atoms with van der Waals surface area (Å²) in [5.41, 5.74) is 3.29. The van der Waals surface area contributed by atoms with Crippen LogP contribution in [0.4, 0.5) is 5.95 Å². The Labute approximate surface area is 128 Å². The molecular weight excluding hydrogens is 282 g/mol. The molecule has 0 saturated heterocycles. The molecule has 2 N–H and O–H groups in total. The van der Waals surface area contributed by atoms with Crippen LogP contribution >= 0.6 is 0 Å². The first-order valence-corrected chi connectivity index (χ1v) is 6.81. The van der Waals surface area contributed by atoms with Crippen molar-refractivity contribution in [1.82, 2.24) is 15.2 Å². The Hall–Kier alpha value is -2.70. The van der Waals surface area contributed by atoms with Crippen LogP contribution in [0.15, 0.2) is 34.2 Å². The van der Waals surface area contributed by atoms with Gasteiger partial charge < -0.3 is 4.74 Å². The molecule has 0 saturated carbocycles. The maximum atomic E-state index is 11.9. The number of nitrogens with zero attached hydrogens (tertiary/aromatic N) is 3. The van der Waals surface area contributed by atoms with Crippen molar-refractivity contribution in [2.75, 3.05) is 12.5 Å². The number of methoxy groups -OCH3 is 1. The second kappa shape index (κ2) is 6.38. The highest BCUT2D eigenvalue weighted by molar-refractivity contribution is 5.80. The van der Waals surface area contributed by atoms with Gasteiger partial charge in [-0.25, -0.2) is 5.43 Å². The molecule has 0 fully saturated rings. The second-order valence-corrected chi connectivity index (χ2v) is 5.74. The van der Waals surface area contributed by atoms with Crippen LogP contribution in [0.2, 0.25) is 0 Å². The Morgan fingerprint density at radius 2 is 1.91 bits per heavy atom. The number of aromatic nitrogens is 3. The van der Waals surface area contributed by atoms with Gasteiger partial charge in [0.1, 0.15) is 11.4 Å². The molecule has 0 radical (unpaired) electrons. The van der Waals surface area contributed by atoms with E-state index in [1.807, 2.05) is 45.0 Å². The van der Waals surface area contributed by atoms with Gasteiger partial charge in [0.05, 0.1) is 13.3 Å². The summed E-state index contributed by atoms with van der Waals surface area (Å²) in [5.74, 6) is 0.973. The van der Waals surface area contributed by atoms with Gasteiger partial charge in [-0.2, -0.15) is 5.10 Å². The van der Waals surface area contributed by atoms with Crippen molar-refractivity contribution in [2.24, 2.45) is 5.10 Å². The summed E-state index contributed by atoms with van der Waals surface area (Å²) in [5, 5.41) is 11.9. The molecule has 0 atom stereocenters. The number of ether oxygens (including phenoxy) is 1. The average Bonchev–Trinajstić information content (AvgIpc) is 2.47. The third-order valence-corrected chi connectivity index (χ3v) is 2.91. The van der Waals surface area contributed by atoms with Crippen LogP contribution in [0.5, 0.6) is 5.75 Å². The fraction of sp³-hybridized carbons (Fsp3) is 0.333. The number of benzene rings is 1. The first-order valence-electron chi connectivity index (χ1n) is 6.81. The highest BCUT2D eigenvalue weighted by Gasteiger charge is 2.20. The van der Waals surface area contributed by atoms with E-state index in [0.29, 0.717) is 5.69 Å². The largest absolute Gasteiger partial charge is 0.497 e. The molecule has 1 heterocycles. The molecule has 7 heteroatoms. The monoisotopic (exact) mass is 301 g/mol. The van der Waals surface area contributed by atoms with E-state index in [1.165, 1.54) is 0 Å². The maximum absolute atomic E-state index is 11.9. The third kappa shape index (κ3) is 3.91. The van der Waals surface area contributed by atoms with Crippen molar-refractivity contribution < 1.29 is 4.74 Å². The molecule has 0 bridgehead atoms. The summed E-state index contributed by atoms with van der Waals surface area (Å²) >= 11 is 0. The van der Waals surface area contributed by atoms with E-state index in [1.54, 1.807) is 13.3 Å². The number of H-pyrrole nitrogens is 1. The van der Waals surface area contributed by atoms with Gasteiger partial charge in [-0.15, -0.1) is 10.2 Å². The molecule has 22 heavy (non-hydrogen) atoms. The molecule has 0 aliphatic heterocycles. The summed E-state index contributed by atoms with van der Waals surface area (Å²) in [6, 6.07) is 7.39. The van der Waals surface area contributed by atoms with E-state index in [4.69, 9.17) is 4.74 Å². The standard InChI is InChI=1S/C15H19N5O2/c1-15(2,3)12-13(21)17-14(20-18-12)19-16-9-10-5-7-11(22-4)8-6-10/h5-9H,1-4H3,(H2,17,19,20,21). The topological polar surface area (TPSA) is 92.3 Å². The van der Waals surface area contributed by atoms with Crippen LogP contribution in [0.25, 0.3) is 0 Å². The normalized spacial score (nSPS) is 11.6. The van der Waals surface area contributed by atoms with E-state index >= 15 is 0 Å². The minimum Gasteiger partial charge on any atom is -0.497 e. The molecule has 0 unspecified atom stereocenters. The predicted octanol–water partition coefficient (Wildman–Crippen LogP) is 1.92. The van der Waals surface area contributed by atoms with Crippen molar-refractivity contribution in [3.63, 3.8) is 0 Å². The van der Waals surface area contributed by atoms with Gasteiger partial charge in [-0.05, 0) is 29.8 Å². The van der Waals surface area contributed by atoms with Crippen LogP contribution in [-0.4, -0.2) is 28.5 Å². The summed E-state index contributed by atoms with van der Waals surface area (Å²) in [7, 11) is 1.61. The minimum absolute atomic E-state index is 0.197. The van der Waals surface area contributed by atoms with Gasteiger partial charge in [0.15, 0.2) is 0 Å². The SMILES string of the molecule is COc1ccc(C=NNc2nnc(C(C)(C)C)c(=O)[nH]2)cc1. The summed E-state index contributed by atoms with van der Waals surface area (Å²) in [6.45, 7) is 5.71. The first kappa shape index (κ1) is 15.7. The van der Waals surface area contributed by atoms with Gasteiger partial charge in [0, 0.05) is 5.41 Å². The lowest BCUT2D eigenvalue weighted by Gasteiger charge is -2.15. The third-order valence-electron chi connectivity index (χ3n) is 2.91. The number of nitrogens with one attached hydrogen (secondary N) is 2. The Morgan fingerprint density at radius 1 is 1.23 bits per heavy atom. The number of rotatable bonds is 4. The van der Waals surface area contributed by atoms with E-state index < -0.39 is 0 Å². The van der Waals surface area contributed by atoms with Crippen LogP contribution in [-0.2, 0) is 5.41 Å². The molecule has 0 aliphatic carbocycles. The zero-order valence-corrected chi connectivity index (χ0v) is 13.0. The number of hydrogen-bond acceptors (Lipinski definition) is 6. The van der Waals surface area contributed by atoms with Gasteiger partial charge in [-0.3, -0.25) is 9.78 Å². The van der Waals surface area contributed by atoms with Gasteiger partial charge in [0.25, 0.3) is 5.56 Å². The molecule has 116 valence electrons. The van der Waals surface area contributed by atoms with Crippen LogP contribution in [0.3, 0.4) is 0 Å². The van der Waals surface area contributed by atoms with Crippen LogP contribution < -0.4 is 15.7 Å². The molecule has 0 aliphatic rings. The Bertz CT molecular complexity index is 714. The lowest BCUT2D eigenvalue weighted by Crippen LogP contribution is -2.28. The predicted molar refractivity (Wildman–Crippen MR) is 85.6 cm³/mol. The zero-order valence-electron chi connectivity index (χ0n) is 13.0. The van der Waals surface area contributed by atoms with Crippen molar-refractivity contribution in [2.45, 2.75) is 26.2 Å². The fourth-order valence-electron chi connectivity index (χ4n) is 1.74.